The van der Waals surface area contributed by atoms with Gasteiger partial charge < -0.3 is 4.74 Å². The van der Waals surface area contributed by atoms with Crippen LogP contribution in [-0.4, -0.2) is 12.9 Å². The molecule has 2 heteroatoms. The third-order valence-electron chi connectivity index (χ3n) is 2.20. The van der Waals surface area contributed by atoms with Crippen LogP contribution < -0.4 is 4.74 Å². The van der Waals surface area contributed by atoms with Crippen LogP contribution in [0.15, 0.2) is 18.2 Å². The molecule has 0 saturated heterocycles. The maximum atomic E-state index is 10.1. The van der Waals surface area contributed by atoms with Crippen LogP contribution in [0, 0.1) is 0 Å². The molecule has 2 nitrogen and oxygen atoms in total. The van der Waals surface area contributed by atoms with Crippen molar-refractivity contribution in [3.63, 3.8) is 0 Å². The van der Waals surface area contributed by atoms with Crippen LogP contribution in [0.1, 0.15) is 25.0 Å². The molecule has 0 saturated carbocycles. The molecule has 0 aliphatic rings. The minimum atomic E-state index is 0.0124. The zero-order valence-electron chi connectivity index (χ0n) is 8.67. The van der Waals surface area contributed by atoms with Crippen molar-refractivity contribution in [1.29, 1.82) is 0 Å². The Balaban J connectivity index is 2.87. The quantitative estimate of drug-likeness (QED) is 0.713. The summed E-state index contributed by atoms with van der Waals surface area (Å²) in [5, 5.41) is 0. The zero-order valence-corrected chi connectivity index (χ0v) is 8.67. The number of ether oxygens (including phenoxy) is 1. The first kappa shape index (κ1) is 10.8. The predicted molar refractivity (Wildman–Crippen MR) is 56.4 cm³/mol. The molecule has 0 atom stereocenters. The van der Waals surface area contributed by atoms with Crippen LogP contribution in [-0.2, 0) is 17.6 Å². The number of rotatable bonds is 5. The Bertz CT molecular complexity index is 305. The Morgan fingerprint density at radius 3 is 2.64 bits per heavy atom. The van der Waals surface area contributed by atoms with Gasteiger partial charge in [-0.1, -0.05) is 26.0 Å². The molecular formula is C12H15O2. The lowest BCUT2D eigenvalue weighted by atomic mass is 10.1. The average molecular weight is 191 g/mol. The SMILES string of the molecule is CCc1ccc(OC[C]=O)c(CC)c1. The van der Waals surface area contributed by atoms with Gasteiger partial charge in [0.05, 0.1) is 0 Å². The highest BCUT2D eigenvalue weighted by Crippen LogP contribution is 2.20. The summed E-state index contributed by atoms with van der Waals surface area (Å²) in [4.78, 5) is 10.1. The standard InChI is InChI=1S/C12H15O2/c1-3-10-5-6-12(14-8-7-13)11(4-2)9-10/h5-6,9H,3-4,8H2,1-2H3. The minimum Gasteiger partial charge on any atom is -0.485 e. The van der Waals surface area contributed by atoms with Crippen LogP contribution in [0.5, 0.6) is 5.75 Å². The molecule has 0 N–H and O–H groups in total. The van der Waals surface area contributed by atoms with Gasteiger partial charge >= 0.3 is 0 Å². The van der Waals surface area contributed by atoms with E-state index in [0.29, 0.717) is 0 Å². The predicted octanol–water partition coefficient (Wildman–Crippen LogP) is 2.30. The van der Waals surface area contributed by atoms with Crippen molar-refractivity contribution in [3.8, 4) is 5.75 Å². The average Bonchev–Trinajstić information content (AvgIpc) is 2.26. The summed E-state index contributed by atoms with van der Waals surface area (Å²) in [6.07, 6.45) is 3.66. The molecule has 0 spiro atoms. The second kappa shape index (κ2) is 5.43. The molecule has 14 heavy (non-hydrogen) atoms. The van der Waals surface area contributed by atoms with Gasteiger partial charge in [-0.2, -0.15) is 0 Å². The van der Waals surface area contributed by atoms with E-state index in [2.05, 4.69) is 19.9 Å². The Hall–Kier alpha value is -1.31. The zero-order chi connectivity index (χ0) is 10.4. The van der Waals surface area contributed by atoms with Crippen LogP contribution in [0.25, 0.3) is 0 Å². The van der Waals surface area contributed by atoms with E-state index >= 15 is 0 Å². The summed E-state index contributed by atoms with van der Waals surface area (Å²) in [5.74, 6) is 0.799. The molecule has 0 fully saturated rings. The summed E-state index contributed by atoms with van der Waals surface area (Å²) in [7, 11) is 0. The van der Waals surface area contributed by atoms with Gasteiger partial charge in [0.2, 0.25) is 6.29 Å². The van der Waals surface area contributed by atoms with Gasteiger partial charge in [-0.3, -0.25) is 4.79 Å². The van der Waals surface area contributed by atoms with Crippen molar-refractivity contribution in [3.05, 3.63) is 29.3 Å². The van der Waals surface area contributed by atoms with Gasteiger partial charge in [0.15, 0.2) is 6.61 Å². The molecule has 0 heterocycles. The first-order valence-corrected chi connectivity index (χ1v) is 4.91. The van der Waals surface area contributed by atoms with E-state index in [1.165, 1.54) is 5.56 Å². The maximum Gasteiger partial charge on any atom is 0.239 e. The lowest BCUT2D eigenvalue weighted by molar-refractivity contribution is 0.361. The molecule has 1 aromatic rings. The Morgan fingerprint density at radius 2 is 2.07 bits per heavy atom. The molecule has 0 aliphatic heterocycles. The van der Waals surface area contributed by atoms with Gasteiger partial charge in [-0.15, -0.1) is 0 Å². The molecular weight excluding hydrogens is 176 g/mol. The summed E-state index contributed by atoms with van der Waals surface area (Å²) >= 11 is 0. The van der Waals surface area contributed by atoms with Crippen LogP contribution in [0.2, 0.25) is 0 Å². The second-order valence-electron chi connectivity index (χ2n) is 3.08. The highest BCUT2D eigenvalue weighted by molar-refractivity contribution is 5.53. The van der Waals surface area contributed by atoms with Gasteiger partial charge in [-0.05, 0) is 30.0 Å². The largest absolute Gasteiger partial charge is 0.485 e. The molecule has 0 aliphatic carbocycles. The molecule has 0 bridgehead atoms. The highest BCUT2D eigenvalue weighted by atomic mass is 16.5. The number of hydrogen-bond acceptors (Lipinski definition) is 2. The van der Waals surface area contributed by atoms with E-state index in [0.717, 1.165) is 24.2 Å². The van der Waals surface area contributed by atoms with E-state index in [4.69, 9.17) is 4.74 Å². The number of hydrogen-bond donors (Lipinski definition) is 0. The Kier molecular flexibility index (Phi) is 4.17. The number of benzene rings is 1. The third-order valence-corrected chi connectivity index (χ3v) is 2.20. The molecule has 0 amide bonds. The third kappa shape index (κ3) is 2.59. The molecule has 1 radical (unpaired) electrons. The van der Waals surface area contributed by atoms with Crippen molar-refractivity contribution >= 4 is 6.29 Å². The maximum absolute atomic E-state index is 10.1. The van der Waals surface area contributed by atoms with Crippen LogP contribution >= 0.6 is 0 Å². The summed E-state index contributed by atoms with van der Waals surface area (Å²) in [6, 6.07) is 6.08. The fourth-order valence-electron chi connectivity index (χ4n) is 1.38. The Labute approximate surface area is 84.9 Å². The fourth-order valence-corrected chi connectivity index (χ4v) is 1.38. The molecule has 0 unspecified atom stereocenters. The molecule has 1 aromatic carbocycles. The fraction of sp³-hybridized carbons (Fsp3) is 0.417. The van der Waals surface area contributed by atoms with Crippen molar-refractivity contribution in [1.82, 2.24) is 0 Å². The van der Waals surface area contributed by atoms with Crippen molar-refractivity contribution in [2.75, 3.05) is 6.61 Å². The molecule has 0 aromatic heterocycles. The highest BCUT2D eigenvalue weighted by Gasteiger charge is 2.02. The van der Waals surface area contributed by atoms with Gasteiger partial charge in [0.25, 0.3) is 0 Å². The molecule has 75 valence electrons. The first-order chi connectivity index (χ1) is 6.81. The topological polar surface area (TPSA) is 26.3 Å². The van der Waals surface area contributed by atoms with E-state index < -0.39 is 0 Å². The lowest BCUT2D eigenvalue weighted by Gasteiger charge is -2.09. The smallest absolute Gasteiger partial charge is 0.239 e. The van der Waals surface area contributed by atoms with Crippen molar-refractivity contribution < 1.29 is 9.53 Å². The van der Waals surface area contributed by atoms with Gasteiger partial charge in [-0.25, -0.2) is 0 Å². The van der Waals surface area contributed by atoms with E-state index in [1.807, 2.05) is 12.1 Å². The Morgan fingerprint density at radius 1 is 1.29 bits per heavy atom. The number of aryl methyl sites for hydroxylation is 2. The monoisotopic (exact) mass is 191 g/mol. The van der Waals surface area contributed by atoms with Crippen LogP contribution in [0.4, 0.5) is 0 Å². The van der Waals surface area contributed by atoms with E-state index in [-0.39, 0.29) is 6.61 Å². The number of carbonyl (C=O) groups excluding carboxylic acids is 1. The minimum absolute atomic E-state index is 0.0124. The van der Waals surface area contributed by atoms with Gasteiger partial charge in [0.1, 0.15) is 5.75 Å². The van der Waals surface area contributed by atoms with E-state index in [1.54, 1.807) is 6.29 Å². The van der Waals surface area contributed by atoms with E-state index in [9.17, 15) is 4.79 Å². The second-order valence-corrected chi connectivity index (χ2v) is 3.08. The van der Waals surface area contributed by atoms with Crippen LogP contribution in [0.3, 0.4) is 0 Å². The first-order valence-electron chi connectivity index (χ1n) is 4.91. The summed E-state index contributed by atoms with van der Waals surface area (Å²) in [6.45, 7) is 4.21. The molecule has 1 rings (SSSR count). The van der Waals surface area contributed by atoms with Crippen molar-refractivity contribution in [2.45, 2.75) is 26.7 Å². The lowest BCUT2D eigenvalue weighted by Crippen LogP contribution is -2.00. The summed E-state index contributed by atoms with van der Waals surface area (Å²) < 4.78 is 5.25. The normalized spacial score (nSPS) is 9.86. The van der Waals surface area contributed by atoms with Gasteiger partial charge in [0, 0.05) is 0 Å². The summed E-state index contributed by atoms with van der Waals surface area (Å²) in [5.41, 5.74) is 2.45. The van der Waals surface area contributed by atoms with Crippen molar-refractivity contribution in [2.24, 2.45) is 0 Å².